The van der Waals surface area contributed by atoms with Gasteiger partial charge in [-0.2, -0.15) is 5.10 Å². The van der Waals surface area contributed by atoms with Crippen LogP contribution >= 0.6 is 11.6 Å². The number of hydrogen-bond acceptors (Lipinski definition) is 5. The second kappa shape index (κ2) is 10.8. The Morgan fingerprint density at radius 2 is 1.71 bits per heavy atom. The summed E-state index contributed by atoms with van der Waals surface area (Å²) in [6.45, 7) is 0.407. The summed E-state index contributed by atoms with van der Waals surface area (Å²) >= 11 is 6.05. The number of benzene rings is 3. The summed E-state index contributed by atoms with van der Waals surface area (Å²) in [6.07, 6.45) is 0.608. The van der Waals surface area contributed by atoms with Gasteiger partial charge in [-0.05, 0) is 48.4 Å². The van der Waals surface area contributed by atoms with Gasteiger partial charge in [0.05, 0.1) is 19.9 Å². The SMILES string of the molecule is COc1ccc(CCNC(=O)Nc2c(-c3ccc(Cl)cc3)nn(-c3ccccc3)c2N)cc1OC. The summed E-state index contributed by atoms with van der Waals surface area (Å²) in [4.78, 5) is 12.8. The molecule has 8 nitrogen and oxygen atoms in total. The summed E-state index contributed by atoms with van der Waals surface area (Å²) in [5.41, 5.74) is 9.95. The number of nitrogens with zero attached hydrogens (tertiary/aromatic N) is 2. The summed E-state index contributed by atoms with van der Waals surface area (Å²) in [6, 6.07) is 21.9. The van der Waals surface area contributed by atoms with Crippen LogP contribution in [0.3, 0.4) is 0 Å². The summed E-state index contributed by atoms with van der Waals surface area (Å²) < 4.78 is 12.2. The van der Waals surface area contributed by atoms with E-state index in [0.29, 0.717) is 46.7 Å². The smallest absolute Gasteiger partial charge is 0.319 e. The average molecular weight is 492 g/mol. The fourth-order valence-corrected chi connectivity index (χ4v) is 3.77. The highest BCUT2D eigenvalue weighted by molar-refractivity contribution is 6.30. The second-order valence-corrected chi connectivity index (χ2v) is 8.12. The van der Waals surface area contributed by atoms with Crippen LogP contribution < -0.4 is 25.8 Å². The first-order chi connectivity index (χ1) is 17.0. The normalized spacial score (nSPS) is 10.6. The molecule has 2 amide bonds. The summed E-state index contributed by atoms with van der Waals surface area (Å²) in [7, 11) is 3.18. The van der Waals surface area contributed by atoms with Crippen molar-refractivity contribution in [2.45, 2.75) is 6.42 Å². The first-order valence-corrected chi connectivity index (χ1v) is 11.3. The predicted molar refractivity (Wildman–Crippen MR) is 139 cm³/mol. The number of nitrogens with two attached hydrogens (primary N) is 1. The maximum Gasteiger partial charge on any atom is 0.319 e. The van der Waals surface area contributed by atoms with Crippen LogP contribution in [0.1, 0.15) is 5.56 Å². The van der Waals surface area contributed by atoms with Crippen molar-refractivity contribution in [3.63, 3.8) is 0 Å². The van der Waals surface area contributed by atoms with Crippen molar-refractivity contribution in [2.24, 2.45) is 0 Å². The molecule has 0 fully saturated rings. The lowest BCUT2D eigenvalue weighted by atomic mass is 10.1. The summed E-state index contributed by atoms with van der Waals surface area (Å²) in [5.74, 6) is 1.61. The highest BCUT2D eigenvalue weighted by atomic mass is 35.5. The summed E-state index contributed by atoms with van der Waals surface area (Å²) in [5, 5.41) is 11.0. The van der Waals surface area contributed by atoms with Crippen molar-refractivity contribution >= 4 is 29.1 Å². The number of nitrogen functional groups attached to an aromatic ring is 1. The Labute approximate surface area is 208 Å². The topological polar surface area (TPSA) is 103 Å². The van der Waals surface area contributed by atoms with Gasteiger partial charge < -0.3 is 25.8 Å². The van der Waals surface area contributed by atoms with Gasteiger partial charge in [-0.1, -0.05) is 48.0 Å². The number of carbonyl (C=O) groups is 1. The maximum absolute atomic E-state index is 12.8. The van der Waals surface area contributed by atoms with Gasteiger partial charge in [0.25, 0.3) is 0 Å². The molecule has 4 rings (SSSR count). The first-order valence-electron chi connectivity index (χ1n) is 11.0. The molecule has 1 aromatic heterocycles. The third kappa shape index (κ3) is 5.50. The van der Waals surface area contributed by atoms with E-state index >= 15 is 0 Å². The van der Waals surface area contributed by atoms with E-state index in [9.17, 15) is 4.79 Å². The zero-order valence-corrected chi connectivity index (χ0v) is 20.2. The molecule has 0 aliphatic heterocycles. The van der Waals surface area contributed by atoms with Crippen molar-refractivity contribution in [1.82, 2.24) is 15.1 Å². The quantitative estimate of drug-likeness (QED) is 0.316. The minimum Gasteiger partial charge on any atom is -0.493 e. The van der Waals surface area contributed by atoms with Crippen LogP contribution in [0.2, 0.25) is 5.02 Å². The zero-order valence-electron chi connectivity index (χ0n) is 19.4. The Hall–Kier alpha value is -4.17. The third-order valence-electron chi connectivity index (χ3n) is 5.43. The van der Waals surface area contributed by atoms with Crippen LogP contribution in [0.4, 0.5) is 16.3 Å². The number of rotatable bonds is 8. The number of aromatic nitrogens is 2. The molecular formula is C26H26ClN5O3. The van der Waals surface area contributed by atoms with Crippen LogP contribution in [-0.2, 0) is 6.42 Å². The molecule has 35 heavy (non-hydrogen) atoms. The zero-order chi connectivity index (χ0) is 24.8. The van der Waals surface area contributed by atoms with E-state index in [-0.39, 0.29) is 6.03 Å². The number of carbonyl (C=O) groups excluding carboxylic acids is 1. The molecule has 180 valence electrons. The molecule has 0 radical (unpaired) electrons. The van der Waals surface area contributed by atoms with E-state index in [2.05, 4.69) is 15.7 Å². The number of para-hydroxylation sites is 1. The number of ether oxygens (including phenoxy) is 2. The van der Waals surface area contributed by atoms with E-state index in [4.69, 9.17) is 26.8 Å². The number of methoxy groups -OCH3 is 2. The molecule has 0 saturated heterocycles. The standard InChI is InChI=1S/C26H26ClN5O3/c1-34-21-13-8-17(16-22(21)35-2)14-15-29-26(33)30-24-23(18-9-11-19(27)12-10-18)31-32(25(24)28)20-6-4-3-5-7-20/h3-13,16H,14-15,28H2,1-2H3,(H2,29,30,33). The molecule has 4 aromatic rings. The van der Waals surface area contributed by atoms with Crippen LogP contribution in [0.15, 0.2) is 72.8 Å². The second-order valence-electron chi connectivity index (χ2n) is 7.68. The predicted octanol–water partition coefficient (Wildman–Crippen LogP) is 5.16. The van der Waals surface area contributed by atoms with Gasteiger partial charge in [-0.25, -0.2) is 9.48 Å². The maximum atomic E-state index is 12.8. The Balaban J connectivity index is 1.52. The Kier molecular flexibility index (Phi) is 7.42. The van der Waals surface area contributed by atoms with Gasteiger partial charge in [0, 0.05) is 17.1 Å². The highest BCUT2D eigenvalue weighted by Gasteiger charge is 2.20. The van der Waals surface area contributed by atoms with Gasteiger partial charge in [-0.3, -0.25) is 0 Å². The van der Waals surface area contributed by atoms with Crippen molar-refractivity contribution in [3.05, 3.63) is 83.4 Å². The van der Waals surface area contributed by atoms with Crippen molar-refractivity contribution < 1.29 is 14.3 Å². The molecule has 9 heteroatoms. The Morgan fingerprint density at radius 3 is 2.40 bits per heavy atom. The fourth-order valence-electron chi connectivity index (χ4n) is 3.64. The number of halogens is 1. The molecule has 3 aromatic carbocycles. The largest absolute Gasteiger partial charge is 0.493 e. The fraction of sp³-hybridized carbons (Fsp3) is 0.154. The molecular weight excluding hydrogens is 466 g/mol. The van der Waals surface area contributed by atoms with E-state index in [1.807, 2.05) is 60.7 Å². The average Bonchev–Trinajstić information content (AvgIpc) is 3.20. The van der Waals surface area contributed by atoms with Gasteiger partial charge in [0.1, 0.15) is 11.4 Å². The first kappa shape index (κ1) is 24.0. The van der Waals surface area contributed by atoms with Crippen molar-refractivity contribution in [2.75, 3.05) is 31.8 Å². The van der Waals surface area contributed by atoms with E-state index in [0.717, 1.165) is 16.8 Å². The van der Waals surface area contributed by atoms with Gasteiger partial charge in [0.15, 0.2) is 17.3 Å². The van der Waals surface area contributed by atoms with Gasteiger partial charge >= 0.3 is 6.03 Å². The van der Waals surface area contributed by atoms with Crippen LogP contribution in [0.5, 0.6) is 11.5 Å². The Bertz CT molecular complexity index is 1310. The molecule has 0 aliphatic carbocycles. The number of hydrogen-bond donors (Lipinski definition) is 3. The van der Waals surface area contributed by atoms with E-state index in [1.165, 1.54) is 0 Å². The molecule has 0 unspecified atom stereocenters. The number of urea groups is 1. The monoisotopic (exact) mass is 491 g/mol. The molecule has 0 atom stereocenters. The van der Waals surface area contributed by atoms with E-state index in [1.54, 1.807) is 31.0 Å². The van der Waals surface area contributed by atoms with Crippen molar-refractivity contribution in [3.8, 4) is 28.4 Å². The lowest BCUT2D eigenvalue weighted by molar-refractivity contribution is 0.252. The van der Waals surface area contributed by atoms with Crippen LogP contribution in [0.25, 0.3) is 16.9 Å². The third-order valence-corrected chi connectivity index (χ3v) is 5.68. The molecule has 4 N–H and O–H groups in total. The van der Waals surface area contributed by atoms with Gasteiger partial charge in [0.2, 0.25) is 0 Å². The number of anilines is 2. The molecule has 0 saturated carbocycles. The molecule has 1 heterocycles. The van der Waals surface area contributed by atoms with Crippen LogP contribution in [0, 0.1) is 0 Å². The molecule has 0 aliphatic rings. The number of nitrogens with one attached hydrogen (secondary N) is 2. The van der Waals surface area contributed by atoms with Gasteiger partial charge in [-0.15, -0.1) is 0 Å². The number of amides is 2. The lowest BCUT2D eigenvalue weighted by Gasteiger charge is -2.11. The van der Waals surface area contributed by atoms with Crippen LogP contribution in [-0.4, -0.2) is 36.6 Å². The van der Waals surface area contributed by atoms with Crippen molar-refractivity contribution in [1.29, 1.82) is 0 Å². The molecule has 0 spiro atoms. The highest BCUT2D eigenvalue weighted by Crippen LogP contribution is 2.34. The molecule has 0 bridgehead atoms. The minimum absolute atomic E-state index is 0.316. The lowest BCUT2D eigenvalue weighted by Crippen LogP contribution is -2.30. The Morgan fingerprint density at radius 1 is 1.00 bits per heavy atom. The van der Waals surface area contributed by atoms with E-state index < -0.39 is 0 Å². The minimum atomic E-state index is -0.389.